The smallest absolute Gasteiger partial charge is 0.317 e. The number of urea groups is 1. The predicted octanol–water partition coefficient (Wildman–Crippen LogP) is 2.97. The first kappa shape index (κ1) is 19.2. The van der Waals surface area contributed by atoms with Crippen LogP contribution < -0.4 is 5.32 Å². The summed E-state index contributed by atoms with van der Waals surface area (Å²) in [5.41, 5.74) is 2.22. The van der Waals surface area contributed by atoms with Gasteiger partial charge in [-0.15, -0.1) is 0 Å². The standard InChI is InChI=1S/C20H35N5O/c1-15(2)12-23-10-6-5-7-18(23)8-9-21-20(26)24-13-19(14-24)25-17(4)11-16(3)22-25/h11,15,18-19H,5-10,12-14H2,1-4H3,(H,21,26)/t18-/m1/s1. The number of rotatable bonds is 6. The maximum atomic E-state index is 12.4. The number of hydrogen-bond donors (Lipinski definition) is 1. The van der Waals surface area contributed by atoms with Gasteiger partial charge < -0.3 is 15.1 Å². The maximum Gasteiger partial charge on any atom is 0.317 e. The lowest BCUT2D eigenvalue weighted by Gasteiger charge is -2.40. The Morgan fingerprint density at radius 1 is 1.31 bits per heavy atom. The molecule has 0 saturated carbocycles. The summed E-state index contributed by atoms with van der Waals surface area (Å²) in [5, 5.41) is 7.66. The molecular formula is C20H35N5O. The van der Waals surface area contributed by atoms with Gasteiger partial charge in [0.2, 0.25) is 0 Å². The van der Waals surface area contributed by atoms with Crippen LogP contribution in [0, 0.1) is 19.8 Å². The molecule has 0 aliphatic carbocycles. The van der Waals surface area contributed by atoms with Gasteiger partial charge in [-0.25, -0.2) is 4.79 Å². The van der Waals surface area contributed by atoms with Crippen molar-refractivity contribution in [3.05, 3.63) is 17.5 Å². The number of likely N-dealkylation sites (tertiary alicyclic amines) is 2. The van der Waals surface area contributed by atoms with E-state index in [-0.39, 0.29) is 6.03 Å². The van der Waals surface area contributed by atoms with Gasteiger partial charge in [-0.1, -0.05) is 20.3 Å². The van der Waals surface area contributed by atoms with Gasteiger partial charge in [-0.2, -0.15) is 5.10 Å². The van der Waals surface area contributed by atoms with Gasteiger partial charge in [0.15, 0.2) is 0 Å². The summed E-state index contributed by atoms with van der Waals surface area (Å²) in [6.07, 6.45) is 4.97. The summed E-state index contributed by atoms with van der Waals surface area (Å²) < 4.78 is 2.06. The molecule has 6 nitrogen and oxygen atoms in total. The summed E-state index contributed by atoms with van der Waals surface area (Å²) in [4.78, 5) is 16.9. The third-order valence-corrected chi connectivity index (χ3v) is 5.64. The Kier molecular flexibility index (Phi) is 6.22. The lowest BCUT2D eigenvalue weighted by Crippen LogP contribution is -2.55. The molecule has 2 fully saturated rings. The van der Waals surface area contributed by atoms with Crippen LogP contribution in [0.2, 0.25) is 0 Å². The van der Waals surface area contributed by atoms with E-state index in [0.717, 1.165) is 31.7 Å². The molecule has 1 aromatic heterocycles. The van der Waals surface area contributed by atoms with Gasteiger partial charge in [-0.05, 0) is 51.6 Å². The van der Waals surface area contributed by atoms with Gasteiger partial charge in [0, 0.05) is 37.9 Å². The second kappa shape index (κ2) is 8.42. The molecule has 1 N–H and O–H groups in total. The van der Waals surface area contributed by atoms with Crippen molar-refractivity contribution in [2.75, 3.05) is 32.7 Å². The van der Waals surface area contributed by atoms with Gasteiger partial charge in [0.05, 0.1) is 11.7 Å². The number of nitrogens with one attached hydrogen (secondary N) is 1. The molecule has 0 unspecified atom stereocenters. The average Bonchev–Trinajstić information content (AvgIpc) is 2.85. The summed E-state index contributed by atoms with van der Waals surface area (Å²) >= 11 is 0. The molecule has 2 saturated heterocycles. The quantitative estimate of drug-likeness (QED) is 0.847. The van der Waals surface area contributed by atoms with Crippen LogP contribution in [0.5, 0.6) is 0 Å². The van der Waals surface area contributed by atoms with Crippen molar-refractivity contribution in [3.63, 3.8) is 0 Å². The van der Waals surface area contributed by atoms with Crippen LogP contribution >= 0.6 is 0 Å². The fourth-order valence-corrected chi connectivity index (χ4v) is 4.35. The Balaban J connectivity index is 1.39. The minimum Gasteiger partial charge on any atom is -0.338 e. The number of amides is 2. The molecular weight excluding hydrogens is 326 g/mol. The number of nitrogens with zero attached hydrogens (tertiary/aromatic N) is 4. The lowest BCUT2D eigenvalue weighted by atomic mass is 9.98. The van der Waals surface area contributed by atoms with Crippen LogP contribution in [-0.4, -0.2) is 64.4 Å². The number of piperidine rings is 1. The topological polar surface area (TPSA) is 53.4 Å². The van der Waals surface area contributed by atoms with E-state index in [1.165, 1.54) is 38.0 Å². The van der Waals surface area contributed by atoms with E-state index in [9.17, 15) is 4.79 Å². The molecule has 1 atom stereocenters. The van der Waals surface area contributed by atoms with E-state index in [0.29, 0.717) is 18.0 Å². The van der Waals surface area contributed by atoms with E-state index in [2.05, 4.69) is 46.8 Å². The highest BCUT2D eigenvalue weighted by Crippen LogP contribution is 2.23. The molecule has 26 heavy (non-hydrogen) atoms. The highest BCUT2D eigenvalue weighted by Gasteiger charge is 2.33. The van der Waals surface area contributed by atoms with Crippen LogP contribution in [0.3, 0.4) is 0 Å². The fraction of sp³-hybridized carbons (Fsp3) is 0.800. The number of aromatic nitrogens is 2. The first-order chi connectivity index (χ1) is 12.4. The molecule has 146 valence electrons. The Hall–Kier alpha value is -1.56. The van der Waals surface area contributed by atoms with Crippen LogP contribution in [0.4, 0.5) is 4.79 Å². The largest absolute Gasteiger partial charge is 0.338 e. The second-order valence-corrected chi connectivity index (χ2v) is 8.49. The van der Waals surface area contributed by atoms with Crippen molar-refractivity contribution >= 4 is 6.03 Å². The molecule has 1 aromatic rings. The minimum atomic E-state index is 0.0778. The molecule has 0 spiro atoms. The molecule has 0 bridgehead atoms. The molecule has 0 aromatic carbocycles. The summed E-state index contributed by atoms with van der Waals surface area (Å²) in [6, 6.07) is 3.13. The predicted molar refractivity (Wildman–Crippen MR) is 104 cm³/mol. The zero-order chi connectivity index (χ0) is 18.7. The number of hydrogen-bond acceptors (Lipinski definition) is 3. The Morgan fingerprint density at radius 3 is 2.73 bits per heavy atom. The third-order valence-electron chi connectivity index (χ3n) is 5.64. The SMILES string of the molecule is Cc1cc(C)n(C2CN(C(=O)NCC[C@H]3CCCCN3CC(C)C)C2)n1. The summed E-state index contributed by atoms with van der Waals surface area (Å²) in [7, 11) is 0. The van der Waals surface area contributed by atoms with E-state index >= 15 is 0 Å². The van der Waals surface area contributed by atoms with E-state index < -0.39 is 0 Å². The van der Waals surface area contributed by atoms with Crippen LogP contribution in [0.25, 0.3) is 0 Å². The van der Waals surface area contributed by atoms with Crippen LogP contribution in [0.15, 0.2) is 6.07 Å². The molecule has 3 heterocycles. The van der Waals surface area contributed by atoms with Crippen LogP contribution in [0.1, 0.15) is 57.0 Å². The van der Waals surface area contributed by atoms with Crippen molar-refractivity contribution in [2.24, 2.45) is 5.92 Å². The van der Waals surface area contributed by atoms with Gasteiger partial charge in [-0.3, -0.25) is 4.68 Å². The zero-order valence-corrected chi connectivity index (χ0v) is 16.9. The van der Waals surface area contributed by atoms with Crippen molar-refractivity contribution in [1.82, 2.24) is 24.9 Å². The normalized spacial score (nSPS) is 21.9. The molecule has 0 radical (unpaired) electrons. The van der Waals surface area contributed by atoms with Crippen molar-refractivity contribution in [1.29, 1.82) is 0 Å². The molecule has 2 amide bonds. The maximum absolute atomic E-state index is 12.4. The lowest BCUT2D eigenvalue weighted by molar-refractivity contribution is 0.111. The highest BCUT2D eigenvalue weighted by molar-refractivity contribution is 5.75. The summed E-state index contributed by atoms with van der Waals surface area (Å²) in [5.74, 6) is 0.706. The molecule has 2 aliphatic heterocycles. The highest BCUT2D eigenvalue weighted by atomic mass is 16.2. The van der Waals surface area contributed by atoms with E-state index in [1.54, 1.807) is 0 Å². The van der Waals surface area contributed by atoms with E-state index in [1.807, 2.05) is 11.8 Å². The molecule has 3 rings (SSSR count). The second-order valence-electron chi connectivity index (χ2n) is 8.49. The van der Waals surface area contributed by atoms with Crippen molar-refractivity contribution in [3.8, 4) is 0 Å². The first-order valence-electron chi connectivity index (χ1n) is 10.2. The molecule has 6 heteroatoms. The first-order valence-corrected chi connectivity index (χ1v) is 10.2. The minimum absolute atomic E-state index is 0.0778. The Bertz CT molecular complexity index is 605. The monoisotopic (exact) mass is 361 g/mol. The van der Waals surface area contributed by atoms with Crippen molar-refractivity contribution < 1.29 is 4.79 Å². The van der Waals surface area contributed by atoms with Gasteiger partial charge >= 0.3 is 6.03 Å². The fourth-order valence-electron chi connectivity index (χ4n) is 4.35. The zero-order valence-electron chi connectivity index (χ0n) is 16.9. The number of carbonyl (C=O) groups is 1. The van der Waals surface area contributed by atoms with E-state index in [4.69, 9.17) is 0 Å². The van der Waals surface area contributed by atoms with Gasteiger partial charge in [0.1, 0.15) is 0 Å². The van der Waals surface area contributed by atoms with Crippen LogP contribution in [-0.2, 0) is 0 Å². The van der Waals surface area contributed by atoms with Crippen molar-refractivity contribution in [2.45, 2.75) is 65.5 Å². The average molecular weight is 362 g/mol. The molecule has 2 aliphatic rings. The Morgan fingerprint density at radius 2 is 2.08 bits per heavy atom. The van der Waals surface area contributed by atoms with Gasteiger partial charge in [0.25, 0.3) is 0 Å². The third kappa shape index (κ3) is 4.58. The number of carbonyl (C=O) groups excluding carboxylic acids is 1. The summed E-state index contributed by atoms with van der Waals surface area (Å²) in [6.45, 7) is 13.4. The number of aryl methyl sites for hydroxylation is 2. The Labute approximate surface area is 157 Å².